The summed E-state index contributed by atoms with van der Waals surface area (Å²) in [6.45, 7) is 2.34. The molecule has 0 aromatic heterocycles. The summed E-state index contributed by atoms with van der Waals surface area (Å²) in [4.78, 5) is 12.7. The zero-order valence-corrected chi connectivity index (χ0v) is 17.3. The number of nitrogens with one attached hydrogen (secondary N) is 1. The lowest BCUT2D eigenvalue weighted by atomic mass is 9.65. The summed E-state index contributed by atoms with van der Waals surface area (Å²) in [6.07, 6.45) is -1.11. The van der Waals surface area contributed by atoms with Crippen LogP contribution in [0.25, 0.3) is 0 Å². The Morgan fingerprint density at radius 2 is 1.83 bits per heavy atom. The number of fused-ring (bicyclic) bond motifs is 2. The molecule has 0 radical (unpaired) electrons. The van der Waals surface area contributed by atoms with Gasteiger partial charge in [-0.25, -0.2) is 0 Å². The van der Waals surface area contributed by atoms with Crippen molar-refractivity contribution in [1.82, 2.24) is 0 Å². The van der Waals surface area contributed by atoms with Gasteiger partial charge in [-0.05, 0) is 68.0 Å². The second-order valence-corrected chi connectivity index (χ2v) is 8.84. The van der Waals surface area contributed by atoms with Crippen LogP contribution in [0.2, 0.25) is 5.02 Å². The molecule has 0 bridgehead atoms. The maximum atomic E-state index is 13.0. The van der Waals surface area contributed by atoms with Crippen molar-refractivity contribution >= 4 is 23.2 Å². The minimum absolute atomic E-state index is 0.0313. The lowest BCUT2D eigenvalue weighted by molar-refractivity contribution is -0.137. The Hall–Kier alpha value is -2.21. The Labute approximate surface area is 178 Å². The van der Waals surface area contributed by atoms with E-state index in [-0.39, 0.29) is 23.2 Å². The van der Waals surface area contributed by atoms with Crippen LogP contribution in [-0.4, -0.2) is 12.5 Å². The van der Waals surface area contributed by atoms with Crippen LogP contribution in [0.5, 0.6) is 5.75 Å². The summed E-state index contributed by atoms with van der Waals surface area (Å²) in [5.74, 6) is 0.377. The number of alkyl halides is 3. The topological polar surface area (TPSA) is 38.3 Å². The number of halogens is 4. The number of hydrogen-bond donors (Lipinski definition) is 1. The Kier molecular flexibility index (Phi) is 5.47. The van der Waals surface area contributed by atoms with E-state index >= 15 is 0 Å². The van der Waals surface area contributed by atoms with Gasteiger partial charge < -0.3 is 10.1 Å². The molecule has 2 aromatic rings. The molecule has 30 heavy (non-hydrogen) atoms. The quantitative estimate of drug-likeness (QED) is 0.598. The molecule has 1 aliphatic heterocycles. The van der Waals surface area contributed by atoms with E-state index in [1.807, 2.05) is 6.92 Å². The minimum Gasteiger partial charge on any atom is -0.492 e. The summed E-state index contributed by atoms with van der Waals surface area (Å²) >= 11 is 5.88. The average Bonchev–Trinajstić information content (AvgIpc) is 3.07. The van der Waals surface area contributed by atoms with Gasteiger partial charge in [-0.15, -0.1) is 0 Å². The molecule has 1 heterocycles. The fraction of sp³-hybridized carbons (Fsp3) is 0.435. The summed E-state index contributed by atoms with van der Waals surface area (Å²) in [5, 5.41) is 3.55. The number of carbonyl (C=O) groups excluding carboxylic acids is 1. The molecule has 160 valence electrons. The lowest BCUT2D eigenvalue weighted by Crippen LogP contribution is -2.37. The second-order valence-electron chi connectivity index (χ2n) is 8.40. The van der Waals surface area contributed by atoms with Gasteiger partial charge in [-0.3, -0.25) is 4.79 Å². The molecular formula is C23H23ClF3NO2. The van der Waals surface area contributed by atoms with Crippen molar-refractivity contribution in [2.75, 3.05) is 11.9 Å². The van der Waals surface area contributed by atoms with Crippen molar-refractivity contribution in [2.24, 2.45) is 11.8 Å². The van der Waals surface area contributed by atoms with Crippen LogP contribution in [0.3, 0.4) is 0 Å². The summed E-state index contributed by atoms with van der Waals surface area (Å²) < 4.78 is 44.6. The van der Waals surface area contributed by atoms with Crippen LogP contribution in [-0.2, 0) is 16.4 Å². The number of anilines is 1. The van der Waals surface area contributed by atoms with Crippen molar-refractivity contribution in [1.29, 1.82) is 0 Å². The van der Waals surface area contributed by atoms with Gasteiger partial charge >= 0.3 is 6.18 Å². The molecule has 0 saturated heterocycles. The van der Waals surface area contributed by atoms with E-state index in [0.29, 0.717) is 23.1 Å². The van der Waals surface area contributed by atoms with E-state index in [2.05, 4.69) is 5.32 Å². The molecule has 1 fully saturated rings. The monoisotopic (exact) mass is 437 g/mol. The molecule has 1 atom stereocenters. The third-order valence-electron chi connectivity index (χ3n) is 6.60. The van der Waals surface area contributed by atoms with Gasteiger partial charge in [-0.1, -0.05) is 24.6 Å². The number of amides is 1. The number of hydrogen-bond acceptors (Lipinski definition) is 2. The average molecular weight is 438 g/mol. The molecular weight excluding hydrogens is 415 g/mol. The summed E-state index contributed by atoms with van der Waals surface area (Å²) in [5.41, 5.74) is 0.649. The van der Waals surface area contributed by atoms with Crippen LogP contribution in [0.15, 0.2) is 42.5 Å². The molecule has 2 aliphatic rings. The molecule has 1 spiro atoms. The highest BCUT2D eigenvalue weighted by atomic mass is 35.5. The highest BCUT2D eigenvalue weighted by Gasteiger charge is 2.45. The molecule has 1 saturated carbocycles. The highest BCUT2D eigenvalue weighted by Crippen LogP contribution is 2.51. The molecule has 1 aliphatic carbocycles. The Bertz CT molecular complexity index is 934. The number of rotatable bonds is 3. The van der Waals surface area contributed by atoms with E-state index in [4.69, 9.17) is 16.3 Å². The Balaban J connectivity index is 1.41. The smallest absolute Gasteiger partial charge is 0.416 e. The van der Waals surface area contributed by atoms with Crippen LogP contribution in [0.1, 0.15) is 43.7 Å². The van der Waals surface area contributed by atoms with Gasteiger partial charge in [-0.2, -0.15) is 13.2 Å². The predicted octanol–water partition coefficient (Wildman–Crippen LogP) is 6.45. The van der Waals surface area contributed by atoms with Crippen LogP contribution in [0.4, 0.5) is 18.9 Å². The van der Waals surface area contributed by atoms with Gasteiger partial charge in [0, 0.05) is 27.6 Å². The molecule has 1 N–H and O–H groups in total. The van der Waals surface area contributed by atoms with E-state index < -0.39 is 11.7 Å². The lowest BCUT2D eigenvalue weighted by Gasteiger charge is -2.38. The van der Waals surface area contributed by atoms with Crippen molar-refractivity contribution in [3.05, 3.63) is 58.6 Å². The zero-order chi connectivity index (χ0) is 21.5. The second kappa shape index (κ2) is 7.80. The predicted molar refractivity (Wildman–Crippen MR) is 110 cm³/mol. The third kappa shape index (κ3) is 4.02. The number of carbonyl (C=O) groups is 1. The fourth-order valence-corrected chi connectivity index (χ4v) is 4.79. The first-order valence-corrected chi connectivity index (χ1v) is 10.5. The summed E-state index contributed by atoms with van der Waals surface area (Å²) in [7, 11) is 0. The van der Waals surface area contributed by atoms with Crippen LogP contribution in [0, 0.1) is 11.8 Å². The molecule has 1 amide bonds. The highest BCUT2D eigenvalue weighted by molar-refractivity contribution is 6.30. The van der Waals surface area contributed by atoms with E-state index in [9.17, 15) is 18.0 Å². The Morgan fingerprint density at radius 1 is 1.17 bits per heavy atom. The normalized spacial score (nSPS) is 24.2. The van der Waals surface area contributed by atoms with Crippen LogP contribution >= 0.6 is 11.6 Å². The van der Waals surface area contributed by atoms with Gasteiger partial charge in [0.25, 0.3) is 0 Å². The molecule has 7 heteroatoms. The fourth-order valence-electron chi connectivity index (χ4n) is 4.66. The molecule has 4 rings (SSSR count). The molecule has 3 nitrogen and oxygen atoms in total. The van der Waals surface area contributed by atoms with Gasteiger partial charge in [0.15, 0.2) is 0 Å². The Morgan fingerprint density at radius 3 is 2.47 bits per heavy atom. The number of benzene rings is 2. The van der Waals surface area contributed by atoms with Gasteiger partial charge in [0.1, 0.15) is 5.75 Å². The zero-order valence-electron chi connectivity index (χ0n) is 16.6. The molecule has 0 unspecified atom stereocenters. The maximum absolute atomic E-state index is 13.0. The number of ether oxygens (including phenoxy) is 1. The van der Waals surface area contributed by atoms with E-state index in [0.717, 1.165) is 43.4 Å². The maximum Gasteiger partial charge on any atom is 0.416 e. The first kappa shape index (κ1) is 21.0. The standard InChI is InChI=1S/C23H23ClF3NO2/c1-14(21(29)28-18-5-3-17(24)4-6-18)15-8-10-22(11-9-15)13-30-20-12-16(23(25,26)27)2-7-19(20)22/h2-7,12,14-15H,8-11,13H2,1H3,(H,28,29)/t14-,15?,22?/m1/s1. The first-order valence-electron chi connectivity index (χ1n) is 10.1. The minimum atomic E-state index is -4.38. The van der Waals surface area contributed by atoms with Crippen LogP contribution < -0.4 is 10.1 Å². The van der Waals surface area contributed by atoms with Gasteiger partial charge in [0.2, 0.25) is 5.91 Å². The van der Waals surface area contributed by atoms with Crippen molar-refractivity contribution in [2.45, 2.75) is 44.2 Å². The van der Waals surface area contributed by atoms with E-state index in [1.54, 1.807) is 30.3 Å². The van der Waals surface area contributed by atoms with Crippen molar-refractivity contribution < 1.29 is 22.7 Å². The third-order valence-corrected chi connectivity index (χ3v) is 6.86. The first-order chi connectivity index (χ1) is 14.2. The SMILES string of the molecule is C[C@@H](C(=O)Nc1ccc(Cl)cc1)C1CCC2(CC1)COc1cc(C(F)(F)F)ccc12. The van der Waals surface area contributed by atoms with Crippen molar-refractivity contribution in [3.63, 3.8) is 0 Å². The van der Waals surface area contributed by atoms with Gasteiger partial charge in [0.05, 0.1) is 12.2 Å². The summed E-state index contributed by atoms with van der Waals surface area (Å²) in [6, 6.07) is 10.8. The largest absolute Gasteiger partial charge is 0.492 e. The molecule has 2 aromatic carbocycles. The van der Waals surface area contributed by atoms with Crippen molar-refractivity contribution in [3.8, 4) is 5.75 Å². The van der Waals surface area contributed by atoms with E-state index in [1.165, 1.54) is 0 Å².